The van der Waals surface area contributed by atoms with Gasteiger partial charge in [-0.3, -0.25) is 0 Å². The van der Waals surface area contributed by atoms with Gasteiger partial charge in [-0.1, -0.05) is 53.6 Å². The van der Waals surface area contributed by atoms with Crippen LogP contribution in [0.5, 0.6) is 0 Å². The van der Waals surface area contributed by atoms with Crippen LogP contribution in [0.2, 0.25) is 0 Å². The third-order valence-electron chi connectivity index (χ3n) is 2.46. The summed E-state index contributed by atoms with van der Waals surface area (Å²) in [5.41, 5.74) is 4.03. The van der Waals surface area contributed by atoms with E-state index < -0.39 is 0 Å². The summed E-state index contributed by atoms with van der Waals surface area (Å²) in [5.74, 6) is 2.60. The van der Waals surface area contributed by atoms with Gasteiger partial charge in [-0.25, -0.2) is 6.08 Å². The molecule has 1 nitrogen and oxygen atoms in total. The Hall–Kier alpha value is -0.106. The number of hydrogen-bond donors (Lipinski definition) is 1. The minimum Gasteiger partial charge on any atom is -0.393 e. The van der Waals surface area contributed by atoms with E-state index in [-0.39, 0.29) is 32.7 Å². The SMILES string of the molecule is C#Cc1ccc(C2=[C-]CC(I)C(=C)N2)cc1.[Y]. The molecule has 1 heterocycles. The Kier molecular flexibility index (Phi) is 5.92. The van der Waals surface area contributed by atoms with Crippen molar-refractivity contribution < 1.29 is 32.7 Å². The number of nitrogens with one attached hydrogen (secondary N) is 1. The molecule has 83 valence electrons. The molecule has 1 atom stereocenters. The van der Waals surface area contributed by atoms with E-state index in [0.29, 0.717) is 3.92 Å². The predicted molar refractivity (Wildman–Crippen MR) is 75.7 cm³/mol. The zero-order valence-electron chi connectivity index (χ0n) is 9.33. The van der Waals surface area contributed by atoms with E-state index in [1.54, 1.807) is 0 Å². The summed E-state index contributed by atoms with van der Waals surface area (Å²) in [6.07, 6.45) is 9.56. The van der Waals surface area contributed by atoms with Gasteiger partial charge in [-0.15, -0.1) is 24.3 Å². The zero-order valence-corrected chi connectivity index (χ0v) is 14.3. The van der Waals surface area contributed by atoms with Crippen LogP contribution in [-0.4, -0.2) is 3.92 Å². The van der Waals surface area contributed by atoms with Crippen molar-refractivity contribution in [2.45, 2.75) is 10.3 Å². The van der Waals surface area contributed by atoms with Crippen molar-refractivity contribution in [3.05, 3.63) is 53.7 Å². The van der Waals surface area contributed by atoms with E-state index in [4.69, 9.17) is 6.42 Å². The van der Waals surface area contributed by atoms with Crippen LogP contribution in [-0.2, 0) is 32.7 Å². The third kappa shape index (κ3) is 3.68. The predicted octanol–water partition coefficient (Wildman–Crippen LogP) is 3.12. The second-order valence-corrected chi connectivity index (χ2v) is 5.10. The Morgan fingerprint density at radius 2 is 2.06 bits per heavy atom. The van der Waals surface area contributed by atoms with E-state index in [1.165, 1.54) is 0 Å². The summed E-state index contributed by atoms with van der Waals surface area (Å²) in [6.45, 7) is 3.99. The number of rotatable bonds is 1. The van der Waals surface area contributed by atoms with Crippen molar-refractivity contribution in [1.29, 1.82) is 0 Å². The van der Waals surface area contributed by atoms with Crippen LogP contribution >= 0.6 is 22.6 Å². The number of alkyl halides is 1. The molecular formula is C14H11INY-. The van der Waals surface area contributed by atoms with Gasteiger partial charge in [0.05, 0.1) is 0 Å². The van der Waals surface area contributed by atoms with Crippen LogP contribution in [0.4, 0.5) is 0 Å². The first-order valence-corrected chi connectivity index (χ1v) is 6.23. The zero-order chi connectivity index (χ0) is 11.5. The fourth-order valence-electron chi connectivity index (χ4n) is 1.51. The van der Waals surface area contributed by atoms with Gasteiger partial charge in [0.15, 0.2) is 0 Å². The molecule has 1 aliphatic rings. The van der Waals surface area contributed by atoms with Crippen molar-refractivity contribution in [3.8, 4) is 12.3 Å². The molecule has 0 aromatic heterocycles. The van der Waals surface area contributed by atoms with Crippen molar-refractivity contribution in [2.75, 3.05) is 0 Å². The molecule has 0 spiro atoms. The summed E-state index contributed by atoms with van der Waals surface area (Å²) >= 11 is 2.36. The number of allylic oxidation sites excluding steroid dienone is 2. The maximum Gasteiger partial charge on any atom is 0.0379 e. The van der Waals surface area contributed by atoms with Crippen LogP contribution in [0.15, 0.2) is 36.5 Å². The first-order chi connectivity index (χ1) is 7.70. The summed E-state index contributed by atoms with van der Waals surface area (Å²) in [4.78, 5) is 0. The number of terminal acetylenes is 1. The van der Waals surface area contributed by atoms with Crippen molar-refractivity contribution in [2.24, 2.45) is 0 Å². The third-order valence-corrected chi connectivity index (χ3v) is 3.65. The van der Waals surface area contributed by atoms with Crippen LogP contribution < -0.4 is 5.32 Å². The van der Waals surface area contributed by atoms with Crippen LogP contribution in [0, 0.1) is 18.4 Å². The molecule has 3 heteroatoms. The van der Waals surface area contributed by atoms with E-state index >= 15 is 0 Å². The molecule has 1 N–H and O–H groups in total. The normalized spacial score (nSPS) is 18.5. The van der Waals surface area contributed by atoms with Crippen LogP contribution in [0.3, 0.4) is 0 Å². The smallest absolute Gasteiger partial charge is 0.0379 e. The van der Waals surface area contributed by atoms with Crippen molar-refractivity contribution >= 4 is 28.3 Å². The van der Waals surface area contributed by atoms with Gasteiger partial charge in [0, 0.05) is 47.9 Å². The van der Waals surface area contributed by atoms with Gasteiger partial charge in [-0.2, -0.15) is 5.56 Å². The number of halogens is 1. The Balaban J connectivity index is 0.00000144. The Bertz CT molecular complexity index is 482. The van der Waals surface area contributed by atoms with Crippen molar-refractivity contribution in [1.82, 2.24) is 5.32 Å². The minimum atomic E-state index is 0. The molecule has 0 amide bonds. The monoisotopic (exact) mass is 409 g/mol. The number of benzene rings is 1. The number of hydrogen-bond acceptors (Lipinski definition) is 1. The Labute approximate surface area is 141 Å². The standard InChI is InChI=1S/C14H11IN.Y/c1-3-11-4-6-12(7-5-11)14-9-8-13(15)10(2)16-14;/h1,4-7,13,16H,2,8H2;/q-1;. The van der Waals surface area contributed by atoms with Gasteiger partial charge in [0.1, 0.15) is 0 Å². The average molecular weight is 409 g/mol. The maximum absolute atomic E-state index is 5.32. The first kappa shape index (κ1) is 15.0. The van der Waals surface area contributed by atoms with Gasteiger partial charge >= 0.3 is 0 Å². The van der Waals surface area contributed by atoms with Gasteiger partial charge in [-0.05, 0) is 0 Å². The van der Waals surface area contributed by atoms with E-state index in [1.807, 2.05) is 24.3 Å². The molecule has 0 aliphatic carbocycles. The molecule has 0 saturated heterocycles. The van der Waals surface area contributed by atoms with Gasteiger partial charge in [0.25, 0.3) is 0 Å². The van der Waals surface area contributed by atoms with E-state index in [0.717, 1.165) is 28.9 Å². The molecule has 17 heavy (non-hydrogen) atoms. The molecule has 1 radical (unpaired) electrons. The van der Waals surface area contributed by atoms with Gasteiger partial charge < -0.3 is 5.32 Å². The fraction of sp³-hybridized carbons (Fsp3) is 0.143. The fourth-order valence-corrected chi connectivity index (χ4v) is 1.88. The largest absolute Gasteiger partial charge is 0.393 e. The molecular weight excluding hydrogens is 398 g/mol. The topological polar surface area (TPSA) is 12.0 Å². The summed E-state index contributed by atoms with van der Waals surface area (Å²) < 4.78 is 0.423. The Morgan fingerprint density at radius 3 is 2.59 bits per heavy atom. The maximum atomic E-state index is 5.32. The molecule has 0 fully saturated rings. The molecule has 1 aliphatic heterocycles. The average Bonchev–Trinajstić information content (AvgIpc) is 2.33. The molecule has 2 rings (SSSR count). The second-order valence-electron chi connectivity index (χ2n) is 3.60. The van der Waals surface area contributed by atoms with Crippen LogP contribution in [0.1, 0.15) is 17.5 Å². The molecule has 0 saturated carbocycles. The summed E-state index contributed by atoms with van der Waals surface area (Å²) in [6, 6.07) is 7.88. The summed E-state index contributed by atoms with van der Waals surface area (Å²) in [7, 11) is 0. The minimum absolute atomic E-state index is 0. The van der Waals surface area contributed by atoms with Crippen molar-refractivity contribution in [3.63, 3.8) is 0 Å². The molecule has 1 aromatic rings. The first-order valence-electron chi connectivity index (χ1n) is 4.98. The Morgan fingerprint density at radius 1 is 1.41 bits per heavy atom. The quantitative estimate of drug-likeness (QED) is 0.326. The van der Waals surface area contributed by atoms with E-state index in [9.17, 15) is 0 Å². The van der Waals surface area contributed by atoms with Crippen LogP contribution in [0.25, 0.3) is 5.70 Å². The molecule has 1 unspecified atom stereocenters. The molecule has 1 aromatic carbocycles. The summed E-state index contributed by atoms with van der Waals surface area (Å²) in [5, 5.41) is 3.27. The second kappa shape index (κ2) is 6.73. The molecule has 0 bridgehead atoms. The van der Waals surface area contributed by atoms with E-state index in [2.05, 4.69) is 46.5 Å². The van der Waals surface area contributed by atoms with Gasteiger partial charge in [0.2, 0.25) is 0 Å².